The fourth-order valence-corrected chi connectivity index (χ4v) is 2.19. The van der Waals surface area contributed by atoms with Gasteiger partial charge in [0.1, 0.15) is 5.82 Å². The highest BCUT2D eigenvalue weighted by molar-refractivity contribution is 5.33. The maximum absolute atomic E-state index is 13.1. The second-order valence-electron chi connectivity index (χ2n) is 4.85. The number of halogens is 1. The van der Waals surface area contributed by atoms with Crippen LogP contribution in [0.15, 0.2) is 67.0 Å². The third-order valence-electron chi connectivity index (χ3n) is 3.25. The fourth-order valence-electron chi connectivity index (χ4n) is 2.19. The van der Waals surface area contributed by atoms with E-state index in [2.05, 4.69) is 22.5 Å². The molecule has 2 aromatic carbocycles. The number of aromatic nitrogens is 2. The summed E-state index contributed by atoms with van der Waals surface area (Å²) in [5.41, 5.74) is 3.17. The van der Waals surface area contributed by atoms with E-state index in [1.807, 2.05) is 35.1 Å². The first-order valence-corrected chi connectivity index (χ1v) is 6.85. The minimum atomic E-state index is -0.196. The van der Waals surface area contributed by atoms with Crippen LogP contribution >= 0.6 is 0 Å². The van der Waals surface area contributed by atoms with Gasteiger partial charge in [0.25, 0.3) is 0 Å². The van der Waals surface area contributed by atoms with Gasteiger partial charge in [-0.15, -0.1) is 0 Å². The van der Waals surface area contributed by atoms with E-state index in [0.29, 0.717) is 6.54 Å². The predicted molar refractivity (Wildman–Crippen MR) is 80.5 cm³/mol. The van der Waals surface area contributed by atoms with Gasteiger partial charge in [0.15, 0.2) is 0 Å². The topological polar surface area (TPSA) is 29.9 Å². The smallest absolute Gasteiger partial charge is 0.123 e. The van der Waals surface area contributed by atoms with E-state index in [4.69, 9.17) is 0 Å². The Kier molecular flexibility index (Phi) is 4.07. The molecule has 0 aliphatic carbocycles. The number of nitrogens with one attached hydrogen (secondary N) is 1. The molecule has 0 saturated heterocycles. The second-order valence-corrected chi connectivity index (χ2v) is 4.85. The summed E-state index contributed by atoms with van der Waals surface area (Å²) < 4.78 is 14.9. The maximum atomic E-state index is 13.1. The molecule has 0 fully saturated rings. The van der Waals surface area contributed by atoms with E-state index in [9.17, 15) is 4.39 Å². The summed E-state index contributed by atoms with van der Waals surface area (Å²) in [5.74, 6) is -0.196. The van der Waals surface area contributed by atoms with Crippen LogP contribution in [0.25, 0.3) is 5.69 Å². The zero-order chi connectivity index (χ0) is 14.5. The molecule has 0 amide bonds. The molecule has 3 aromatic rings. The molecule has 1 heterocycles. The molecule has 1 N–H and O–H groups in total. The van der Waals surface area contributed by atoms with Crippen LogP contribution < -0.4 is 5.32 Å². The van der Waals surface area contributed by atoms with Crippen molar-refractivity contribution in [2.75, 3.05) is 0 Å². The minimum Gasteiger partial charge on any atom is -0.309 e. The molecule has 0 aliphatic heterocycles. The predicted octanol–water partition coefficient (Wildman–Crippen LogP) is 3.30. The molecule has 0 saturated carbocycles. The molecule has 1 aromatic heterocycles. The van der Waals surface area contributed by atoms with Crippen LogP contribution in [0.1, 0.15) is 11.1 Å². The fraction of sp³-hybridized carbons (Fsp3) is 0.118. The van der Waals surface area contributed by atoms with Crippen molar-refractivity contribution in [1.82, 2.24) is 15.1 Å². The lowest BCUT2D eigenvalue weighted by atomic mass is 10.2. The molecule has 4 heteroatoms. The number of rotatable bonds is 5. The Labute approximate surface area is 123 Å². The molecule has 0 bridgehead atoms. The van der Waals surface area contributed by atoms with E-state index in [-0.39, 0.29) is 5.82 Å². The van der Waals surface area contributed by atoms with Gasteiger partial charge >= 0.3 is 0 Å². The maximum Gasteiger partial charge on any atom is 0.123 e. The highest BCUT2D eigenvalue weighted by Crippen LogP contribution is 2.09. The monoisotopic (exact) mass is 281 g/mol. The van der Waals surface area contributed by atoms with Crippen LogP contribution in [0.2, 0.25) is 0 Å². The van der Waals surface area contributed by atoms with Crippen LogP contribution in [0.4, 0.5) is 4.39 Å². The van der Waals surface area contributed by atoms with Gasteiger partial charge in [-0.1, -0.05) is 24.3 Å². The number of hydrogen-bond donors (Lipinski definition) is 1. The molecular formula is C17H16FN3. The largest absolute Gasteiger partial charge is 0.309 e. The van der Waals surface area contributed by atoms with Gasteiger partial charge in [-0.05, 0) is 41.5 Å². The van der Waals surface area contributed by atoms with Gasteiger partial charge in [0, 0.05) is 25.5 Å². The van der Waals surface area contributed by atoms with E-state index in [1.54, 1.807) is 18.3 Å². The molecule has 0 radical (unpaired) electrons. The van der Waals surface area contributed by atoms with Crippen LogP contribution in [0, 0.1) is 5.82 Å². The summed E-state index contributed by atoms with van der Waals surface area (Å²) >= 11 is 0. The number of benzene rings is 2. The summed E-state index contributed by atoms with van der Waals surface area (Å²) in [6, 6.07) is 16.7. The first kappa shape index (κ1) is 13.5. The summed E-state index contributed by atoms with van der Waals surface area (Å²) in [4.78, 5) is 0. The average molecular weight is 281 g/mol. The lowest BCUT2D eigenvalue weighted by molar-refractivity contribution is 0.620. The zero-order valence-corrected chi connectivity index (χ0v) is 11.5. The Morgan fingerprint density at radius 2 is 1.76 bits per heavy atom. The lowest BCUT2D eigenvalue weighted by Gasteiger charge is -2.07. The first-order valence-electron chi connectivity index (χ1n) is 6.85. The van der Waals surface area contributed by atoms with E-state index >= 15 is 0 Å². The lowest BCUT2D eigenvalue weighted by Crippen LogP contribution is -2.12. The van der Waals surface area contributed by atoms with Crippen molar-refractivity contribution in [3.8, 4) is 5.69 Å². The summed E-state index contributed by atoms with van der Waals surface area (Å²) in [6.07, 6.45) is 3.67. The van der Waals surface area contributed by atoms with Crippen LogP contribution in [0.5, 0.6) is 0 Å². The van der Waals surface area contributed by atoms with Crippen molar-refractivity contribution >= 4 is 0 Å². The highest BCUT2D eigenvalue weighted by atomic mass is 19.1. The van der Waals surface area contributed by atoms with E-state index in [0.717, 1.165) is 17.8 Å². The quantitative estimate of drug-likeness (QED) is 0.777. The Morgan fingerprint density at radius 1 is 0.952 bits per heavy atom. The van der Waals surface area contributed by atoms with Crippen LogP contribution in [0.3, 0.4) is 0 Å². The Balaban J connectivity index is 1.56. The van der Waals surface area contributed by atoms with Crippen molar-refractivity contribution in [3.63, 3.8) is 0 Å². The Morgan fingerprint density at radius 3 is 2.48 bits per heavy atom. The van der Waals surface area contributed by atoms with Gasteiger partial charge in [0.05, 0.1) is 5.69 Å². The van der Waals surface area contributed by atoms with Crippen molar-refractivity contribution in [2.45, 2.75) is 13.1 Å². The SMILES string of the molecule is Fc1cccc(CNCc2ccc(-n3cccn3)cc2)c1. The van der Waals surface area contributed by atoms with Crippen molar-refractivity contribution in [1.29, 1.82) is 0 Å². The third kappa shape index (κ3) is 3.55. The number of hydrogen-bond acceptors (Lipinski definition) is 2. The zero-order valence-electron chi connectivity index (χ0n) is 11.5. The summed E-state index contributed by atoms with van der Waals surface area (Å²) in [5, 5.41) is 7.50. The van der Waals surface area contributed by atoms with Crippen molar-refractivity contribution in [2.24, 2.45) is 0 Å². The van der Waals surface area contributed by atoms with Gasteiger partial charge in [-0.25, -0.2) is 9.07 Å². The normalized spacial score (nSPS) is 10.7. The van der Waals surface area contributed by atoms with E-state index < -0.39 is 0 Å². The van der Waals surface area contributed by atoms with Gasteiger partial charge < -0.3 is 5.32 Å². The Hall–Kier alpha value is -2.46. The molecule has 106 valence electrons. The van der Waals surface area contributed by atoms with Gasteiger partial charge in [0.2, 0.25) is 0 Å². The standard InChI is InChI=1S/C17H16FN3/c18-16-4-1-3-15(11-16)13-19-12-14-5-7-17(8-6-14)21-10-2-9-20-21/h1-11,19H,12-13H2. The van der Waals surface area contributed by atoms with Crippen LogP contribution in [-0.2, 0) is 13.1 Å². The highest BCUT2D eigenvalue weighted by Gasteiger charge is 1.98. The molecule has 0 atom stereocenters. The van der Waals surface area contributed by atoms with E-state index in [1.165, 1.54) is 11.6 Å². The first-order chi connectivity index (χ1) is 10.3. The molecular weight excluding hydrogens is 265 g/mol. The summed E-state index contributed by atoms with van der Waals surface area (Å²) in [6.45, 7) is 1.40. The van der Waals surface area contributed by atoms with Crippen molar-refractivity contribution in [3.05, 3.63) is 83.9 Å². The average Bonchev–Trinajstić information content (AvgIpc) is 3.02. The molecule has 3 rings (SSSR count). The van der Waals surface area contributed by atoms with Crippen LogP contribution in [-0.4, -0.2) is 9.78 Å². The molecule has 3 nitrogen and oxygen atoms in total. The second kappa shape index (κ2) is 6.33. The molecule has 0 unspecified atom stereocenters. The third-order valence-corrected chi connectivity index (χ3v) is 3.25. The molecule has 21 heavy (non-hydrogen) atoms. The number of nitrogens with zero attached hydrogens (tertiary/aromatic N) is 2. The Bertz CT molecular complexity index is 690. The minimum absolute atomic E-state index is 0.196. The van der Waals surface area contributed by atoms with Crippen molar-refractivity contribution < 1.29 is 4.39 Å². The molecule has 0 aliphatic rings. The van der Waals surface area contributed by atoms with Gasteiger partial charge in [-0.2, -0.15) is 5.10 Å². The summed E-state index contributed by atoms with van der Waals surface area (Å²) in [7, 11) is 0. The molecule has 0 spiro atoms. The van der Waals surface area contributed by atoms with Gasteiger partial charge in [-0.3, -0.25) is 0 Å².